The van der Waals surface area contributed by atoms with Gasteiger partial charge in [-0.3, -0.25) is 9.69 Å². The van der Waals surface area contributed by atoms with Gasteiger partial charge in [0.15, 0.2) is 0 Å². The first-order valence-corrected chi connectivity index (χ1v) is 19.8. The number of aromatic nitrogens is 4. The number of Topliss-reactive ketones (excluding diaryl/α,β-unsaturated/α-hetero) is 1. The molecule has 7 aromatic rings. The van der Waals surface area contributed by atoms with E-state index in [2.05, 4.69) is 51.7 Å². The van der Waals surface area contributed by atoms with Gasteiger partial charge in [-0.05, 0) is 115 Å². The van der Waals surface area contributed by atoms with Crippen LogP contribution in [-0.2, 0) is 28.9 Å². The highest BCUT2D eigenvalue weighted by Gasteiger charge is 2.16. The molecule has 2 aromatic heterocycles. The molecule has 58 heavy (non-hydrogen) atoms. The maximum absolute atomic E-state index is 13.0. The molecule has 296 valence electrons. The third-order valence-corrected chi connectivity index (χ3v) is 10.9. The Kier molecular flexibility index (Phi) is 12.8. The lowest BCUT2D eigenvalue weighted by molar-refractivity contribution is -0.117. The van der Waals surface area contributed by atoms with Gasteiger partial charge < -0.3 is 19.9 Å². The predicted molar refractivity (Wildman–Crippen MR) is 230 cm³/mol. The molecule has 0 radical (unpaired) electrons. The van der Waals surface area contributed by atoms with Crippen molar-refractivity contribution in [2.45, 2.75) is 47.1 Å². The SMILES string of the molecule is Cc1cc2ncnc(Oc3ccc(CC(=O)Cc4ccccc4CN4CCOCC4)c(Cl)c3)c2cc1C.Cc1cc2ncnc(Oc3ccc(N)c(Cl)c3)c2cc1C. The smallest absolute Gasteiger partial charge is 0.230 e. The van der Waals surface area contributed by atoms with Crippen molar-refractivity contribution >= 4 is 56.5 Å². The molecule has 1 saturated heterocycles. The van der Waals surface area contributed by atoms with Crippen LogP contribution in [0.15, 0.2) is 97.6 Å². The van der Waals surface area contributed by atoms with Gasteiger partial charge in [0, 0.05) is 43.6 Å². The molecule has 5 aromatic carbocycles. The van der Waals surface area contributed by atoms with Crippen LogP contribution in [0.5, 0.6) is 23.3 Å². The monoisotopic (exact) mass is 814 g/mol. The van der Waals surface area contributed by atoms with Crippen LogP contribution in [0.4, 0.5) is 5.69 Å². The van der Waals surface area contributed by atoms with Crippen LogP contribution in [0.1, 0.15) is 38.9 Å². The van der Waals surface area contributed by atoms with Crippen molar-refractivity contribution in [2.24, 2.45) is 0 Å². The highest BCUT2D eigenvalue weighted by atomic mass is 35.5. The molecular formula is C46H44Cl2N6O4. The van der Waals surface area contributed by atoms with Crippen LogP contribution >= 0.6 is 23.2 Å². The zero-order valence-corrected chi connectivity index (χ0v) is 34.4. The van der Waals surface area contributed by atoms with E-state index in [0.29, 0.717) is 45.4 Å². The number of halogens is 2. The van der Waals surface area contributed by atoms with E-state index in [1.807, 2.05) is 61.5 Å². The number of hydrogen-bond donors (Lipinski definition) is 1. The van der Waals surface area contributed by atoms with Crippen LogP contribution in [0.2, 0.25) is 10.0 Å². The van der Waals surface area contributed by atoms with Crippen molar-refractivity contribution in [3.63, 3.8) is 0 Å². The van der Waals surface area contributed by atoms with Crippen LogP contribution in [0, 0.1) is 27.7 Å². The van der Waals surface area contributed by atoms with E-state index in [9.17, 15) is 4.79 Å². The third-order valence-electron chi connectivity index (χ3n) is 10.2. The number of fused-ring (bicyclic) bond motifs is 2. The number of ketones is 1. The standard InChI is InChI=1S/C30H30ClN3O3.C16H14ClN3O/c1-20-13-27-29(14-21(20)2)32-19-33-30(27)37-26-8-7-23(28(31)17-26)16-25(35)15-22-5-3-4-6-24(22)18-34-9-11-36-12-10-34;1-9-5-12-15(6-10(9)2)19-8-20-16(12)21-11-3-4-14(18)13(17)7-11/h3-8,13-14,17,19H,9-12,15-16,18H2,1-2H3;3-8H,18H2,1-2H3. The Hall–Kier alpha value is -5.65. The van der Waals surface area contributed by atoms with Gasteiger partial charge in [-0.15, -0.1) is 0 Å². The van der Waals surface area contributed by atoms with Crippen molar-refractivity contribution in [2.75, 3.05) is 32.0 Å². The van der Waals surface area contributed by atoms with Crippen LogP contribution in [0.25, 0.3) is 21.8 Å². The summed E-state index contributed by atoms with van der Waals surface area (Å²) >= 11 is 12.6. The van der Waals surface area contributed by atoms with Crippen molar-refractivity contribution in [3.8, 4) is 23.3 Å². The van der Waals surface area contributed by atoms with E-state index >= 15 is 0 Å². The van der Waals surface area contributed by atoms with Gasteiger partial charge in [0.25, 0.3) is 0 Å². The molecule has 0 saturated carbocycles. The first-order valence-electron chi connectivity index (χ1n) is 19.0. The molecule has 3 heterocycles. The van der Waals surface area contributed by atoms with Crippen LogP contribution in [-0.4, -0.2) is 56.9 Å². The van der Waals surface area contributed by atoms with Crippen molar-refractivity contribution in [1.29, 1.82) is 0 Å². The summed E-state index contributed by atoms with van der Waals surface area (Å²) in [7, 11) is 0. The zero-order chi connectivity index (χ0) is 40.8. The molecule has 0 spiro atoms. The minimum absolute atomic E-state index is 0.123. The van der Waals surface area contributed by atoms with E-state index in [-0.39, 0.29) is 12.2 Å². The maximum Gasteiger partial charge on any atom is 0.230 e. The van der Waals surface area contributed by atoms with Gasteiger partial charge in [0.1, 0.15) is 29.9 Å². The number of nitrogens with zero attached hydrogens (tertiary/aromatic N) is 5. The molecule has 1 aliphatic rings. The fourth-order valence-electron chi connectivity index (χ4n) is 6.65. The highest BCUT2D eigenvalue weighted by Crippen LogP contribution is 2.33. The Morgan fingerprint density at radius 2 is 1.17 bits per heavy atom. The predicted octanol–water partition coefficient (Wildman–Crippen LogP) is 10.2. The first kappa shape index (κ1) is 40.5. The summed E-state index contributed by atoms with van der Waals surface area (Å²) in [5.74, 6) is 2.26. The molecule has 0 atom stereocenters. The molecule has 0 bridgehead atoms. The summed E-state index contributed by atoms with van der Waals surface area (Å²) in [5.41, 5.74) is 15.6. The van der Waals surface area contributed by atoms with E-state index in [0.717, 1.165) is 82.5 Å². The van der Waals surface area contributed by atoms with Gasteiger partial charge in [0.05, 0.1) is 45.7 Å². The Morgan fingerprint density at radius 3 is 1.74 bits per heavy atom. The largest absolute Gasteiger partial charge is 0.438 e. The summed E-state index contributed by atoms with van der Waals surface area (Å²) < 4.78 is 17.4. The minimum atomic E-state index is 0.123. The average Bonchev–Trinajstić information content (AvgIpc) is 3.20. The molecular weight excluding hydrogens is 771 g/mol. The van der Waals surface area contributed by atoms with Crippen LogP contribution < -0.4 is 15.2 Å². The molecule has 0 amide bonds. The number of nitrogens with two attached hydrogens (primary N) is 1. The number of benzene rings is 5. The number of carbonyl (C=O) groups excluding carboxylic acids is 1. The Balaban J connectivity index is 0.000000206. The summed E-state index contributed by atoms with van der Waals surface area (Å²) in [6.07, 6.45) is 3.63. The molecule has 10 nitrogen and oxygen atoms in total. The molecule has 1 fully saturated rings. The number of anilines is 1. The summed E-state index contributed by atoms with van der Waals surface area (Å²) in [4.78, 5) is 32.6. The minimum Gasteiger partial charge on any atom is -0.438 e. The van der Waals surface area contributed by atoms with Gasteiger partial charge >= 0.3 is 0 Å². The summed E-state index contributed by atoms with van der Waals surface area (Å²) in [6.45, 7) is 12.4. The quantitative estimate of drug-likeness (QED) is 0.133. The molecule has 0 unspecified atom stereocenters. The number of nitrogen functional groups attached to an aromatic ring is 1. The highest BCUT2D eigenvalue weighted by molar-refractivity contribution is 6.33. The fourth-order valence-corrected chi connectivity index (χ4v) is 7.06. The lowest BCUT2D eigenvalue weighted by atomic mass is 9.98. The van der Waals surface area contributed by atoms with Gasteiger partial charge in [0.2, 0.25) is 11.8 Å². The fraction of sp³-hybridized carbons (Fsp3) is 0.239. The molecule has 8 rings (SSSR count). The van der Waals surface area contributed by atoms with Gasteiger partial charge in [-0.1, -0.05) is 53.5 Å². The van der Waals surface area contributed by atoms with E-state index in [1.165, 1.54) is 23.8 Å². The number of aryl methyl sites for hydroxylation is 4. The second kappa shape index (κ2) is 18.3. The summed E-state index contributed by atoms with van der Waals surface area (Å²) in [5, 5.41) is 2.67. The van der Waals surface area contributed by atoms with Crippen LogP contribution in [0.3, 0.4) is 0 Å². The molecule has 2 N–H and O–H groups in total. The lowest BCUT2D eigenvalue weighted by Gasteiger charge is -2.27. The zero-order valence-electron chi connectivity index (χ0n) is 32.9. The van der Waals surface area contributed by atoms with E-state index in [4.69, 9.17) is 43.1 Å². The Labute approximate surface area is 347 Å². The maximum atomic E-state index is 13.0. The van der Waals surface area contributed by atoms with Gasteiger partial charge in [-0.2, -0.15) is 0 Å². The first-order chi connectivity index (χ1) is 28.0. The van der Waals surface area contributed by atoms with E-state index < -0.39 is 0 Å². The second-order valence-electron chi connectivity index (χ2n) is 14.5. The van der Waals surface area contributed by atoms with Crippen molar-refractivity contribution in [1.82, 2.24) is 24.8 Å². The third kappa shape index (κ3) is 9.89. The Morgan fingerprint density at radius 1 is 0.655 bits per heavy atom. The van der Waals surface area contributed by atoms with Gasteiger partial charge in [-0.25, -0.2) is 19.9 Å². The average molecular weight is 816 g/mol. The van der Waals surface area contributed by atoms with E-state index in [1.54, 1.807) is 24.3 Å². The molecule has 1 aliphatic heterocycles. The second-order valence-corrected chi connectivity index (χ2v) is 15.3. The number of hydrogen-bond acceptors (Lipinski definition) is 10. The normalized spacial score (nSPS) is 12.9. The Bertz CT molecular complexity index is 2610. The van der Waals surface area contributed by atoms with Crippen molar-refractivity contribution < 1.29 is 19.0 Å². The number of carbonyl (C=O) groups is 1. The molecule has 0 aliphatic carbocycles. The topological polar surface area (TPSA) is 126 Å². The summed E-state index contributed by atoms with van der Waals surface area (Å²) in [6, 6.07) is 26.8. The number of rotatable bonds is 10. The lowest BCUT2D eigenvalue weighted by Crippen LogP contribution is -2.35. The molecule has 12 heteroatoms. The van der Waals surface area contributed by atoms with Crippen molar-refractivity contribution in [3.05, 3.63) is 147 Å². The number of ether oxygens (including phenoxy) is 3. The number of morpholine rings is 1.